The lowest BCUT2D eigenvalue weighted by Gasteiger charge is -2.05. The van der Waals surface area contributed by atoms with Crippen LogP contribution in [0, 0.1) is 0 Å². The summed E-state index contributed by atoms with van der Waals surface area (Å²) in [5.74, 6) is -0.256. The highest BCUT2D eigenvalue weighted by molar-refractivity contribution is 5.86. The zero-order chi connectivity index (χ0) is 23.5. The Balaban J connectivity index is 3.05. The first-order chi connectivity index (χ1) is 15.7. The number of carbonyl (C=O) groups excluding carboxylic acids is 1. The number of carbonyl (C=O) groups is 1. The van der Waals surface area contributed by atoms with Crippen LogP contribution in [-0.2, 0) is 9.53 Å². The third-order valence-electron chi connectivity index (χ3n) is 6.38. The highest BCUT2D eigenvalue weighted by atomic mass is 16.5. The van der Waals surface area contributed by atoms with Crippen molar-refractivity contribution < 1.29 is 14.6 Å². The molecule has 0 atom stereocenters. The molecule has 0 bridgehead atoms. The summed E-state index contributed by atoms with van der Waals surface area (Å²) >= 11 is 0. The minimum Gasteiger partial charge on any atom is -0.462 e. The zero-order valence-electron chi connectivity index (χ0n) is 21.6. The largest absolute Gasteiger partial charge is 0.462 e. The first-order valence-electron chi connectivity index (χ1n) is 14.1. The van der Waals surface area contributed by atoms with Gasteiger partial charge >= 0.3 is 5.97 Å². The van der Waals surface area contributed by atoms with Crippen LogP contribution in [0.2, 0.25) is 0 Å². The monoisotopic (exact) mass is 452 g/mol. The molecular weight excluding hydrogens is 396 g/mol. The average Bonchev–Trinajstić information content (AvgIpc) is 2.78. The smallest absolute Gasteiger partial charge is 0.333 e. The van der Waals surface area contributed by atoms with Gasteiger partial charge in [0.2, 0.25) is 0 Å². The molecule has 0 heterocycles. The molecule has 3 heteroatoms. The minimum absolute atomic E-state index is 0.256. The fourth-order valence-corrected chi connectivity index (χ4v) is 4.21. The summed E-state index contributed by atoms with van der Waals surface area (Å²) in [6, 6.07) is 0. The molecule has 0 rings (SSSR count). The number of rotatable bonds is 26. The summed E-state index contributed by atoms with van der Waals surface area (Å²) in [5.41, 5.74) is 0.490. The first-order valence-corrected chi connectivity index (χ1v) is 14.1. The molecule has 0 saturated heterocycles. The molecule has 0 fully saturated rings. The number of hydrogen-bond acceptors (Lipinski definition) is 3. The summed E-state index contributed by atoms with van der Waals surface area (Å²) in [4.78, 5) is 11.2. The molecule has 0 radical (unpaired) electrons. The van der Waals surface area contributed by atoms with Gasteiger partial charge in [0.1, 0.15) is 0 Å². The lowest BCUT2D eigenvalue weighted by atomic mass is 10.0. The van der Waals surface area contributed by atoms with Gasteiger partial charge in [0.15, 0.2) is 0 Å². The maximum absolute atomic E-state index is 11.2. The number of aliphatic hydroxyl groups excluding tert-OH is 1. The molecule has 1 N–H and O–H groups in total. The van der Waals surface area contributed by atoms with Crippen molar-refractivity contribution in [3.8, 4) is 0 Å². The van der Waals surface area contributed by atoms with E-state index in [0.29, 0.717) is 18.8 Å². The number of aliphatic hydroxyl groups is 1. The van der Waals surface area contributed by atoms with Crippen LogP contribution in [0.5, 0.6) is 0 Å². The van der Waals surface area contributed by atoms with Crippen molar-refractivity contribution in [2.45, 2.75) is 155 Å². The van der Waals surface area contributed by atoms with E-state index >= 15 is 0 Å². The van der Waals surface area contributed by atoms with E-state index in [-0.39, 0.29) is 5.97 Å². The molecule has 0 aliphatic carbocycles. The van der Waals surface area contributed by atoms with Gasteiger partial charge in [0.25, 0.3) is 0 Å². The Labute approximate surface area is 200 Å². The van der Waals surface area contributed by atoms with E-state index in [1.807, 2.05) is 0 Å². The lowest BCUT2D eigenvalue weighted by Crippen LogP contribution is -2.05. The second kappa shape index (κ2) is 26.4. The molecule has 0 saturated carbocycles. The highest BCUT2D eigenvalue weighted by Gasteiger charge is 2.01. The predicted molar refractivity (Wildman–Crippen MR) is 139 cm³/mol. The summed E-state index contributed by atoms with van der Waals surface area (Å²) < 4.78 is 5.11. The quantitative estimate of drug-likeness (QED) is 0.0808. The molecule has 0 aromatic carbocycles. The Morgan fingerprint density at radius 2 is 0.781 bits per heavy atom. The van der Waals surface area contributed by atoms with Gasteiger partial charge in [-0.2, -0.15) is 0 Å². The van der Waals surface area contributed by atoms with Crippen molar-refractivity contribution in [3.63, 3.8) is 0 Å². The SMILES string of the molecule is C=C(C)C(=O)OCCCCCCCCCCCCCCCCCCCCCCCCCO. The van der Waals surface area contributed by atoms with Crippen LogP contribution in [0.3, 0.4) is 0 Å². The zero-order valence-corrected chi connectivity index (χ0v) is 21.6. The molecule has 190 valence electrons. The molecule has 0 unspecified atom stereocenters. The maximum Gasteiger partial charge on any atom is 0.333 e. The third-order valence-corrected chi connectivity index (χ3v) is 6.38. The average molecular weight is 453 g/mol. The molecule has 0 amide bonds. The fraction of sp³-hybridized carbons (Fsp3) is 0.897. The van der Waals surface area contributed by atoms with Crippen molar-refractivity contribution >= 4 is 5.97 Å². The van der Waals surface area contributed by atoms with Gasteiger partial charge in [-0.15, -0.1) is 0 Å². The number of ether oxygens (including phenoxy) is 1. The van der Waals surface area contributed by atoms with Crippen molar-refractivity contribution in [1.82, 2.24) is 0 Å². The topological polar surface area (TPSA) is 46.5 Å². The molecule has 3 nitrogen and oxygen atoms in total. The minimum atomic E-state index is -0.256. The number of unbranched alkanes of at least 4 members (excludes halogenated alkanes) is 22. The summed E-state index contributed by atoms with van der Waals surface area (Å²) in [5, 5.41) is 8.75. The number of hydrogen-bond donors (Lipinski definition) is 1. The van der Waals surface area contributed by atoms with Crippen molar-refractivity contribution in [2.24, 2.45) is 0 Å². The van der Waals surface area contributed by atoms with Crippen molar-refractivity contribution in [2.75, 3.05) is 13.2 Å². The van der Waals surface area contributed by atoms with Crippen LogP contribution in [-0.4, -0.2) is 24.3 Å². The molecule has 0 aliphatic heterocycles. The second-order valence-electron chi connectivity index (χ2n) is 9.77. The lowest BCUT2D eigenvalue weighted by molar-refractivity contribution is -0.139. The molecule has 0 aliphatic rings. The van der Waals surface area contributed by atoms with Gasteiger partial charge in [-0.25, -0.2) is 4.79 Å². The normalized spacial score (nSPS) is 11.1. The van der Waals surface area contributed by atoms with Gasteiger partial charge in [-0.05, 0) is 19.8 Å². The number of esters is 1. The van der Waals surface area contributed by atoms with E-state index in [9.17, 15) is 4.79 Å². The standard InChI is InChI=1S/C29H56O3/c1-28(2)29(31)32-27-25-23-21-19-17-15-13-11-9-7-5-3-4-6-8-10-12-14-16-18-20-22-24-26-30/h30H,1,3-27H2,2H3. The summed E-state index contributed by atoms with van der Waals surface area (Å²) in [6.07, 6.45) is 30.8. The highest BCUT2D eigenvalue weighted by Crippen LogP contribution is 2.15. The second-order valence-corrected chi connectivity index (χ2v) is 9.77. The van der Waals surface area contributed by atoms with E-state index in [4.69, 9.17) is 9.84 Å². The van der Waals surface area contributed by atoms with E-state index in [1.165, 1.54) is 128 Å². The Kier molecular flexibility index (Phi) is 25.7. The fourth-order valence-electron chi connectivity index (χ4n) is 4.21. The van der Waals surface area contributed by atoms with Crippen LogP contribution in [0.25, 0.3) is 0 Å². The van der Waals surface area contributed by atoms with Gasteiger partial charge in [0, 0.05) is 12.2 Å². The van der Waals surface area contributed by atoms with Crippen LogP contribution < -0.4 is 0 Å². The molecule has 32 heavy (non-hydrogen) atoms. The van der Waals surface area contributed by atoms with Crippen LogP contribution in [0.1, 0.15) is 155 Å². The molecule has 0 aromatic heterocycles. The first kappa shape index (κ1) is 31.2. The maximum atomic E-state index is 11.2. The Bertz CT molecular complexity index is 405. The summed E-state index contributed by atoms with van der Waals surface area (Å²) in [7, 11) is 0. The van der Waals surface area contributed by atoms with Crippen molar-refractivity contribution in [3.05, 3.63) is 12.2 Å². The van der Waals surface area contributed by atoms with Gasteiger partial charge < -0.3 is 9.84 Å². The van der Waals surface area contributed by atoms with Crippen LogP contribution >= 0.6 is 0 Å². The van der Waals surface area contributed by atoms with Crippen molar-refractivity contribution in [1.29, 1.82) is 0 Å². The Morgan fingerprint density at radius 1 is 0.531 bits per heavy atom. The molecule has 0 aromatic rings. The van der Waals surface area contributed by atoms with Crippen LogP contribution in [0.15, 0.2) is 12.2 Å². The van der Waals surface area contributed by atoms with E-state index in [0.717, 1.165) is 19.3 Å². The van der Waals surface area contributed by atoms with Gasteiger partial charge in [-0.3, -0.25) is 0 Å². The van der Waals surface area contributed by atoms with E-state index < -0.39 is 0 Å². The third kappa shape index (κ3) is 25.4. The molecular formula is C29H56O3. The predicted octanol–water partition coefficient (Wildman–Crippen LogP) is 9.07. The van der Waals surface area contributed by atoms with E-state index in [2.05, 4.69) is 6.58 Å². The van der Waals surface area contributed by atoms with Crippen LogP contribution in [0.4, 0.5) is 0 Å². The Hall–Kier alpha value is -0.830. The Morgan fingerprint density at radius 3 is 1.03 bits per heavy atom. The van der Waals surface area contributed by atoms with E-state index in [1.54, 1.807) is 6.92 Å². The van der Waals surface area contributed by atoms with Gasteiger partial charge in [0.05, 0.1) is 6.61 Å². The van der Waals surface area contributed by atoms with Gasteiger partial charge in [-0.1, -0.05) is 141 Å². The molecule has 0 spiro atoms. The summed E-state index contributed by atoms with van der Waals surface area (Å²) in [6.45, 7) is 6.18.